The summed E-state index contributed by atoms with van der Waals surface area (Å²) >= 11 is 0. The van der Waals surface area contributed by atoms with E-state index in [1.165, 1.54) is 0 Å². The summed E-state index contributed by atoms with van der Waals surface area (Å²) in [7, 11) is 4.17. The zero-order chi connectivity index (χ0) is 14.1. The maximum Gasteiger partial charge on any atom is 0.108 e. The fourth-order valence-electron chi connectivity index (χ4n) is 1.91. The highest BCUT2D eigenvalue weighted by molar-refractivity contribution is 4.93. The van der Waals surface area contributed by atoms with Gasteiger partial charge in [-0.15, -0.1) is 0 Å². The molecule has 4 heteroatoms. The number of nitrogens with zero attached hydrogens (tertiary/aromatic N) is 3. The third-order valence-corrected chi connectivity index (χ3v) is 2.62. The molecular formula is C14H30N4. The van der Waals surface area contributed by atoms with Gasteiger partial charge >= 0.3 is 0 Å². The van der Waals surface area contributed by atoms with Gasteiger partial charge in [0, 0.05) is 32.2 Å². The van der Waals surface area contributed by atoms with Crippen LogP contribution < -0.4 is 5.32 Å². The molecule has 4 nitrogen and oxygen atoms in total. The van der Waals surface area contributed by atoms with E-state index in [0.29, 0.717) is 12.0 Å². The fourth-order valence-corrected chi connectivity index (χ4v) is 1.91. The lowest BCUT2D eigenvalue weighted by Gasteiger charge is -2.28. The Hall–Kier alpha value is -0.630. The Morgan fingerprint density at radius 2 is 1.67 bits per heavy atom. The first-order chi connectivity index (χ1) is 8.35. The van der Waals surface area contributed by atoms with E-state index in [-0.39, 0.29) is 6.04 Å². The standard InChI is InChI=1S/C14H30N4/c1-12(2)10-18(8-7-17(5)6)11-14(9-15)16-13(3)4/h12-14,16H,7-8,10-11H2,1-6H3. The van der Waals surface area contributed by atoms with Crippen molar-refractivity contribution in [3.05, 3.63) is 0 Å². The molecule has 0 aliphatic heterocycles. The molecule has 0 heterocycles. The molecule has 0 aliphatic rings. The van der Waals surface area contributed by atoms with E-state index in [1.807, 2.05) is 0 Å². The largest absolute Gasteiger partial charge is 0.308 e. The third kappa shape index (κ3) is 9.41. The van der Waals surface area contributed by atoms with Crippen LogP contribution >= 0.6 is 0 Å². The van der Waals surface area contributed by atoms with Gasteiger partial charge in [0.25, 0.3) is 0 Å². The first-order valence-electron chi connectivity index (χ1n) is 6.87. The number of nitrogens with one attached hydrogen (secondary N) is 1. The average molecular weight is 254 g/mol. The van der Waals surface area contributed by atoms with Crippen LogP contribution in [0.25, 0.3) is 0 Å². The smallest absolute Gasteiger partial charge is 0.108 e. The van der Waals surface area contributed by atoms with E-state index in [0.717, 1.165) is 26.2 Å². The molecule has 18 heavy (non-hydrogen) atoms. The Morgan fingerprint density at radius 1 is 1.06 bits per heavy atom. The van der Waals surface area contributed by atoms with Gasteiger partial charge in [-0.05, 0) is 33.9 Å². The molecule has 1 atom stereocenters. The summed E-state index contributed by atoms with van der Waals surface area (Å²) in [5, 5.41) is 12.5. The lowest BCUT2D eigenvalue weighted by atomic mass is 10.2. The van der Waals surface area contributed by atoms with E-state index in [4.69, 9.17) is 0 Å². The van der Waals surface area contributed by atoms with E-state index < -0.39 is 0 Å². The molecule has 0 radical (unpaired) electrons. The van der Waals surface area contributed by atoms with Crippen LogP contribution in [0.5, 0.6) is 0 Å². The van der Waals surface area contributed by atoms with Crippen LogP contribution in [0.1, 0.15) is 27.7 Å². The minimum Gasteiger partial charge on any atom is -0.308 e. The van der Waals surface area contributed by atoms with Gasteiger partial charge in [0.05, 0.1) is 6.07 Å². The quantitative estimate of drug-likeness (QED) is 0.675. The second-order valence-electron chi connectivity index (χ2n) is 5.96. The van der Waals surface area contributed by atoms with E-state index in [9.17, 15) is 5.26 Å². The molecule has 0 aliphatic carbocycles. The van der Waals surface area contributed by atoms with Crippen molar-refractivity contribution in [1.29, 1.82) is 5.26 Å². The minimum absolute atomic E-state index is 0.0779. The summed E-state index contributed by atoms with van der Waals surface area (Å²) in [6.45, 7) is 12.5. The van der Waals surface area contributed by atoms with Crippen LogP contribution in [0.4, 0.5) is 0 Å². The van der Waals surface area contributed by atoms with Gasteiger partial charge in [-0.25, -0.2) is 0 Å². The summed E-state index contributed by atoms with van der Waals surface area (Å²) in [6.07, 6.45) is 0. The molecule has 0 rings (SSSR count). The molecule has 0 spiro atoms. The van der Waals surface area contributed by atoms with Crippen molar-refractivity contribution in [2.75, 3.05) is 40.3 Å². The molecule has 0 saturated heterocycles. The second kappa shape index (κ2) is 9.32. The highest BCUT2D eigenvalue weighted by atomic mass is 15.2. The van der Waals surface area contributed by atoms with E-state index in [2.05, 4.69) is 63.0 Å². The Labute approximate surface area is 113 Å². The van der Waals surface area contributed by atoms with Crippen LogP contribution in [0.15, 0.2) is 0 Å². The van der Waals surface area contributed by atoms with Crippen molar-refractivity contribution in [3.63, 3.8) is 0 Å². The molecule has 0 fully saturated rings. The van der Waals surface area contributed by atoms with Crippen molar-refractivity contribution >= 4 is 0 Å². The van der Waals surface area contributed by atoms with Crippen LogP contribution in [0.2, 0.25) is 0 Å². The number of hydrogen-bond donors (Lipinski definition) is 1. The molecule has 0 aromatic carbocycles. The van der Waals surface area contributed by atoms with Gasteiger partial charge in [-0.2, -0.15) is 5.26 Å². The van der Waals surface area contributed by atoms with Gasteiger partial charge in [-0.3, -0.25) is 10.2 Å². The molecule has 0 aromatic heterocycles. The van der Waals surface area contributed by atoms with Gasteiger partial charge in [0.2, 0.25) is 0 Å². The van der Waals surface area contributed by atoms with Gasteiger partial charge in [0.1, 0.15) is 6.04 Å². The van der Waals surface area contributed by atoms with Crippen LogP contribution in [0.3, 0.4) is 0 Å². The molecule has 0 bridgehead atoms. The van der Waals surface area contributed by atoms with Crippen LogP contribution in [0, 0.1) is 17.2 Å². The van der Waals surface area contributed by atoms with Crippen molar-refractivity contribution in [3.8, 4) is 6.07 Å². The Kier molecular flexibility index (Phi) is 8.99. The van der Waals surface area contributed by atoms with Crippen LogP contribution in [-0.4, -0.2) is 62.2 Å². The number of rotatable bonds is 9. The summed E-state index contributed by atoms with van der Waals surface area (Å²) in [6, 6.07) is 2.63. The number of nitriles is 1. The monoisotopic (exact) mass is 254 g/mol. The first kappa shape index (κ1) is 17.4. The number of hydrogen-bond acceptors (Lipinski definition) is 4. The summed E-state index contributed by atoms with van der Waals surface area (Å²) in [5.41, 5.74) is 0. The first-order valence-corrected chi connectivity index (χ1v) is 6.87. The SMILES string of the molecule is CC(C)CN(CCN(C)C)CC(C#N)NC(C)C. The average Bonchev–Trinajstić information content (AvgIpc) is 2.23. The van der Waals surface area contributed by atoms with Crippen molar-refractivity contribution in [2.24, 2.45) is 5.92 Å². The van der Waals surface area contributed by atoms with Gasteiger partial charge in [-0.1, -0.05) is 13.8 Å². The van der Waals surface area contributed by atoms with Crippen molar-refractivity contribution in [2.45, 2.75) is 39.8 Å². The molecule has 0 aromatic rings. The van der Waals surface area contributed by atoms with Gasteiger partial charge < -0.3 is 4.90 Å². The normalized spacial score (nSPS) is 13.6. The predicted octanol–water partition coefficient (Wildman–Crippen LogP) is 1.40. The minimum atomic E-state index is -0.0779. The molecule has 0 saturated carbocycles. The van der Waals surface area contributed by atoms with E-state index >= 15 is 0 Å². The predicted molar refractivity (Wildman–Crippen MR) is 77.5 cm³/mol. The van der Waals surface area contributed by atoms with Crippen molar-refractivity contribution < 1.29 is 0 Å². The maximum absolute atomic E-state index is 9.19. The zero-order valence-corrected chi connectivity index (χ0v) is 12.9. The lowest BCUT2D eigenvalue weighted by molar-refractivity contribution is 0.206. The highest BCUT2D eigenvalue weighted by Gasteiger charge is 2.15. The van der Waals surface area contributed by atoms with Gasteiger partial charge in [0.15, 0.2) is 0 Å². The molecule has 0 amide bonds. The summed E-state index contributed by atoms with van der Waals surface area (Å²) < 4.78 is 0. The second-order valence-corrected chi connectivity index (χ2v) is 5.96. The number of likely N-dealkylation sites (N-methyl/N-ethyl adjacent to an activating group) is 1. The Morgan fingerprint density at radius 3 is 2.06 bits per heavy atom. The zero-order valence-electron chi connectivity index (χ0n) is 12.9. The highest BCUT2D eigenvalue weighted by Crippen LogP contribution is 2.01. The molecule has 1 N–H and O–H groups in total. The lowest BCUT2D eigenvalue weighted by Crippen LogP contribution is -2.45. The maximum atomic E-state index is 9.19. The molecule has 1 unspecified atom stereocenters. The Balaban J connectivity index is 4.31. The summed E-state index contributed by atoms with van der Waals surface area (Å²) in [5.74, 6) is 0.630. The molecule has 106 valence electrons. The Bertz CT molecular complexity index is 243. The van der Waals surface area contributed by atoms with Crippen LogP contribution in [-0.2, 0) is 0 Å². The summed E-state index contributed by atoms with van der Waals surface area (Å²) in [4.78, 5) is 4.57. The van der Waals surface area contributed by atoms with E-state index in [1.54, 1.807) is 0 Å². The third-order valence-electron chi connectivity index (χ3n) is 2.62. The van der Waals surface area contributed by atoms with Crippen molar-refractivity contribution in [1.82, 2.24) is 15.1 Å². The molecular weight excluding hydrogens is 224 g/mol. The fraction of sp³-hybridized carbons (Fsp3) is 0.929. The topological polar surface area (TPSA) is 42.3 Å².